The number of carboxylic acid groups (broad SMARTS) is 1. The first kappa shape index (κ1) is 13.7. The SMILES string of the molecule is O=C(Cc1ccc(F)cc1)Nc1ccnc(C(=O)O)c1. The second-order valence-corrected chi connectivity index (χ2v) is 4.09. The molecule has 5 nitrogen and oxygen atoms in total. The molecular weight excluding hydrogens is 263 g/mol. The number of pyridine rings is 1. The average Bonchev–Trinajstić information content (AvgIpc) is 2.41. The molecule has 102 valence electrons. The summed E-state index contributed by atoms with van der Waals surface area (Å²) in [5.74, 6) is -1.85. The van der Waals surface area contributed by atoms with E-state index in [1.165, 1.54) is 42.6 Å². The highest BCUT2D eigenvalue weighted by atomic mass is 19.1. The van der Waals surface area contributed by atoms with Crippen molar-refractivity contribution >= 4 is 17.6 Å². The van der Waals surface area contributed by atoms with Crippen molar-refractivity contribution < 1.29 is 19.1 Å². The van der Waals surface area contributed by atoms with Gasteiger partial charge >= 0.3 is 5.97 Å². The van der Waals surface area contributed by atoms with Gasteiger partial charge in [0.25, 0.3) is 0 Å². The van der Waals surface area contributed by atoms with Crippen LogP contribution in [0.5, 0.6) is 0 Å². The van der Waals surface area contributed by atoms with Gasteiger partial charge in [-0.2, -0.15) is 0 Å². The zero-order valence-electron chi connectivity index (χ0n) is 10.3. The Morgan fingerprint density at radius 3 is 2.55 bits per heavy atom. The van der Waals surface area contributed by atoms with E-state index < -0.39 is 5.97 Å². The third-order valence-electron chi connectivity index (χ3n) is 2.54. The van der Waals surface area contributed by atoms with Crippen molar-refractivity contribution in [2.75, 3.05) is 5.32 Å². The van der Waals surface area contributed by atoms with Crippen molar-refractivity contribution in [2.24, 2.45) is 0 Å². The van der Waals surface area contributed by atoms with E-state index in [1.807, 2.05) is 0 Å². The molecule has 0 unspecified atom stereocenters. The predicted octanol–water partition coefficient (Wildman–Crippen LogP) is 2.10. The van der Waals surface area contributed by atoms with Gasteiger partial charge in [-0.15, -0.1) is 0 Å². The Labute approximate surface area is 114 Å². The van der Waals surface area contributed by atoms with Crippen molar-refractivity contribution in [3.05, 3.63) is 59.7 Å². The van der Waals surface area contributed by atoms with Crippen LogP contribution in [0.1, 0.15) is 16.1 Å². The molecule has 0 radical (unpaired) electrons. The summed E-state index contributed by atoms with van der Waals surface area (Å²) in [6, 6.07) is 8.35. The number of hydrogen-bond acceptors (Lipinski definition) is 3. The molecule has 1 heterocycles. The third-order valence-corrected chi connectivity index (χ3v) is 2.54. The molecule has 0 saturated heterocycles. The number of amides is 1. The Morgan fingerprint density at radius 2 is 1.90 bits per heavy atom. The van der Waals surface area contributed by atoms with Gasteiger partial charge in [0.05, 0.1) is 6.42 Å². The molecule has 2 aromatic rings. The van der Waals surface area contributed by atoms with Gasteiger partial charge in [0.2, 0.25) is 5.91 Å². The molecule has 6 heteroatoms. The summed E-state index contributed by atoms with van der Waals surface area (Å²) in [6.45, 7) is 0. The van der Waals surface area contributed by atoms with Gasteiger partial charge in [-0.1, -0.05) is 12.1 Å². The van der Waals surface area contributed by atoms with Crippen molar-refractivity contribution in [2.45, 2.75) is 6.42 Å². The lowest BCUT2D eigenvalue weighted by Crippen LogP contribution is -2.15. The zero-order chi connectivity index (χ0) is 14.5. The summed E-state index contributed by atoms with van der Waals surface area (Å²) >= 11 is 0. The number of carboxylic acids is 1. The molecule has 1 amide bonds. The molecule has 1 aromatic heterocycles. The van der Waals surface area contributed by atoms with Crippen LogP contribution in [-0.4, -0.2) is 22.0 Å². The largest absolute Gasteiger partial charge is 0.477 e. The fourth-order valence-electron chi connectivity index (χ4n) is 1.62. The molecule has 1 aromatic carbocycles. The van der Waals surface area contributed by atoms with Gasteiger partial charge in [0, 0.05) is 11.9 Å². The summed E-state index contributed by atoms with van der Waals surface area (Å²) in [4.78, 5) is 26.2. The van der Waals surface area contributed by atoms with E-state index in [1.54, 1.807) is 0 Å². The monoisotopic (exact) mass is 274 g/mol. The maximum atomic E-state index is 12.7. The Morgan fingerprint density at radius 1 is 1.20 bits per heavy atom. The van der Waals surface area contributed by atoms with Crippen molar-refractivity contribution in [1.82, 2.24) is 4.98 Å². The van der Waals surface area contributed by atoms with E-state index in [0.29, 0.717) is 11.3 Å². The fraction of sp³-hybridized carbons (Fsp3) is 0.0714. The van der Waals surface area contributed by atoms with Crippen LogP contribution in [0.3, 0.4) is 0 Å². The molecule has 0 atom stereocenters. The average molecular weight is 274 g/mol. The van der Waals surface area contributed by atoms with E-state index in [0.717, 1.165) is 0 Å². The van der Waals surface area contributed by atoms with Crippen LogP contribution in [0.4, 0.5) is 10.1 Å². The smallest absolute Gasteiger partial charge is 0.354 e. The Kier molecular flexibility index (Phi) is 4.05. The van der Waals surface area contributed by atoms with Gasteiger partial charge < -0.3 is 10.4 Å². The number of nitrogens with one attached hydrogen (secondary N) is 1. The van der Waals surface area contributed by atoms with Gasteiger partial charge in [-0.25, -0.2) is 14.2 Å². The highest BCUT2D eigenvalue weighted by molar-refractivity contribution is 5.94. The molecule has 2 N–H and O–H groups in total. The van der Waals surface area contributed by atoms with Crippen LogP contribution >= 0.6 is 0 Å². The van der Waals surface area contributed by atoms with Crippen LogP contribution in [0.15, 0.2) is 42.6 Å². The minimum absolute atomic E-state index is 0.0744. The second-order valence-electron chi connectivity index (χ2n) is 4.09. The van der Waals surface area contributed by atoms with Crippen LogP contribution < -0.4 is 5.32 Å². The van der Waals surface area contributed by atoms with Crippen molar-refractivity contribution in [3.63, 3.8) is 0 Å². The molecule has 0 aliphatic rings. The number of hydrogen-bond donors (Lipinski definition) is 2. The van der Waals surface area contributed by atoms with E-state index in [4.69, 9.17) is 5.11 Å². The molecule has 0 saturated carbocycles. The van der Waals surface area contributed by atoms with Crippen LogP contribution in [0, 0.1) is 5.82 Å². The number of carbonyl (C=O) groups is 2. The summed E-state index contributed by atoms with van der Waals surface area (Å²) in [5, 5.41) is 11.4. The highest BCUT2D eigenvalue weighted by Crippen LogP contribution is 2.10. The lowest BCUT2D eigenvalue weighted by atomic mass is 10.1. The van der Waals surface area contributed by atoms with E-state index >= 15 is 0 Å². The number of rotatable bonds is 4. The normalized spacial score (nSPS) is 10.1. The van der Waals surface area contributed by atoms with Gasteiger partial charge in [0.15, 0.2) is 0 Å². The number of nitrogens with zero attached hydrogens (tertiary/aromatic N) is 1. The molecule has 0 fully saturated rings. The lowest BCUT2D eigenvalue weighted by molar-refractivity contribution is -0.115. The van der Waals surface area contributed by atoms with Gasteiger partial charge in [-0.3, -0.25) is 4.79 Å². The maximum Gasteiger partial charge on any atom is 0.354 e. The van der Waals surface area contributed by atoms with Crippen molar-refractivity contribution in [1.29, 1.82) is 0 Å². The molecule has 0 bridgehead atoms. The molecule has 2 rings (SSSR count). The maximum absolute atomic E-state index is 12.7. The summed E-state index contributed by atoms with van der Waals surface area (Å²) in [5.41, 5.74) is 0.866. The first-order valence-electron chi connectivity index (χ1n) is 5.78. The summed E-state index contributed by atoms with van der Waals surface area (Å²) in [7, 11) is 0. The minimum atomic E-state index is -1.17. The summed E-state index contributed by atoms with van der Waals surface area (Å²) in [6.07, 6.45) is 1.38. The van der Waals surface area contributed by atoms with Crippen LogP contribution in [-0.2, 0) is 11.2 Å². The number of carbonyl (C=O) groups excluding carboxylic acids is 1. The number of anilines is 1. The van der Waals surface area contributed by atoms with Gasteiger partial charge in [0.1, 0.15) is 11.5 Å². The first-order chi connectivity index (χ1) is 9.54. The van der Waals surface area contributed by atoms with Gasteiger partial charge in [-0.05, 0) is 29.8 Å². The number of benzene rings is 1. The Bertz CT molecular complexity index is 641. The molecular formula is C14H11FN2O3. The Balaban J connectivity index is 2.02. The first-order valence-corrected chi connectivity index (χ1v) is 5.78. The van der Waals surface area contributed by atoms with Crippen LogP contribution in [0.2, 0.25) is 0 Å². The highest BCUT2D eigenvalue weighted by Gasteiger charge is 2.08. The summed E-state index contributed by atoms with van der Waals surface area (Å²) < 4.78 is 12.7. The fourth-order valence-corrected chi connectivity index (χ4v) is 1.62. The quantitative estimate of drug-likeness (QED) is 0.894. The molecule has 0 aliphatic carbocycles. The lowest BCUT2D eigenvalue weighted by Gasteiger charge is -2.05. The predicted molar refractivity (Wildman–Crippen MR) is 69.9 cm³/mol. The topological polar surface area (TPSA) is 79.3 Å². The zero-order valence-corrected chi connectivity index (χ0v) is 10.3. The van der Waals surface area contributed by atoms with E-state index in [2.05, 4.69) is 10.3 Å². The minimum Gasteiger partial charge on any atom is -0.477 e. The van der Waals surface area contributed by atoms with E-state index in [9.17, 15) is 14.0 Å². The molecule has 20 heavy (non-hydrogen) atoms. The molecule has 0 aliphatic heterocycles. The van der Waals surface area contributed by atoms with Crippen molar-refractivity contribution in [3.8, 4) is 0 Å². The molecule has 0 spiro atoms. The van der Waals surface area contributed by atoms with E-state index in [-0.39, 0.29) is 23.8 Å². The third kappa shape index (κ3) is 3.61. The number of aromatic carboxylic acids is 1. The second kappa shape index (κ2) is 5.92. The number of aromatic nitrogens is 1. The number of halogens is 1. The van der Waals surface area contributed by atoms with Crippen LogP contribution in [0.25, 0.3) is 0 Å². The Hall–Kier alpha value is -2.76. The standard InChI is InChI=1S/C14H11FN2O3/c15-10-3-1-9(2-4-10)7-13(18)17-11-5-6-16-12(8-11)14(19)20/h1-6,8H,7H2,(H,19,20)(H,16,17,18).